The van der Waals surface area contributed by atoms with Gasteiger partial charge in [-0.05, 0) is 47.4 Å². The van der Waals surface area contributed by atoms with E-state index in [-0.39, 0.29) is 6.61 Å². The summed E-state index contributed by atoms with van der Waals surface area (Å²) in [7, 11) is 1.61. The quantitative estimate of drug-likeness (QED) is 0.0926. The highest BCUT2D eigenvalue weighted by Gasteiger charge is 2.23. The van der Waals surface area contributed by atoms with Crippen molar-refractivity contribution in [1.82, 2.24) is 19.8 Å². The van der Waals surface area contributed by atoms with Gasteiger partial charge in [0.15, 0.2) is 0 Å². The number of aliphatic hydroxyl groups is 1. The van der Waals surface area contributed by atoms with Crippen LogP contribution in [-0.2, 0) is 4.18 Å². The van der Waals surface area contributed by atoms with E-state index in [4.69, 9.17) is 19.0 Å². The smallest absolute Gasteiger partial charge is 0.227 e. The fraction of sp³-hybridized carbons (Fsp3) is 0.270. The minimum absolute atomic E-state index is 0.220. The maximum Gasteiger partial charge on any atom is 0.227 e. The SMILES string of the molecule is COSc1sc(-c2ccnc(Nc3cccc(OCCCN4CCN(CCO)CC4)c3)n2)c(-c2cccc(-c3ccccc3)c2)c1C#N. The van der Waals surface area contributed by atoms with Gasteiger partial charge < -0.3 is 24.2 Å². The molecule has 1 aliphatic rings. The van der Waals surface area contributed by atoms with Gasteiger partial charge in [0.1, 0.15) is 16.0 Å². The summed E-state index contributed by atoms with van der Waals surface area (Å²) in [6.07, 6.45) is 2.67. The summed E-state index contributed by atoms with van der Waals surface area (Å²) in [5, 5.41) is 22.8. The molecule has 0 amide bonds. The summed E-state index contributed by atoms with van der Waals surface area (Å²) in [5.41, 5.74) is 6.03. The molecular formula is C37H38N6O3S2. The van der Waals surface area contributed by atoms with Gasteiger partial charge in [-0.3, -0.25) is 4.90 Å². The number of aromatic nitrogens is 2. The molecule has 2 N–H and O–H groups in total. The molecule has 6 rings (SSSR count). The van der Waals surface area contributed by atoms with Crippen molar-refractivity contribution >= 4 is 35.0 Å². The van der Waals surface area contributed by atoms with E-state index in [0.29, 0.717) is 23.8 Å². The van der Waals surface area contributed by atoms with Crippen molar-refractivity contribution in [3.05, 3.63) is 96.7 Å². The van der Waals surface area contributed by atoms with Crippen LogP contribution < -0.4 is 10.1 Å². The molecule has 1 fully saturated rings. The van der Waals surface area contributed by atoms with Gasteiger partial charge in [-0.25, -0.2) is 9.97 Å². The molecule has 0 atom stereocenters. The molecule has 2 aromatic heterocycles. The minimum Gasteiger partial charge on any atom is -0.493 e. The molecule has 3 aromatic carbocycles. The second-order valence-electron chi connectivity index (χ2n) is 11.3. The molecule has 0 spiro atoms. The molecule has 0 radical (unpaired) electrons. The lowest BCUT2D eigenvalue weighted by molar-refractivity contribution is 0.108. The number of nitriles is 1. The molecule has 1 aliphatic heterocycles. The molecule has 0 saturated carbocycles. The Morgan fingerprint density at radius 1 is 0.917 bits per heavy atom. The van der Waals surface area contributed by atoms with Crippen molar-refractivity contribution in [3.8, 4) is 44.6 Å². The summed E-state index contributed by atoms with van der Waals surface area (Å²) < 4.78 is 12.3. The summed E-state index contributed by atoms with van der Waals surface area (Å²) in [4.78, 5) is 15.0. The van der Waals surface area contributed by atoms with E-state index in [0.717, 1.165) is 88.5 Å². The molecule has 246 valence electrons. The van der Waals surface area contributed by atoms with E-state index in [2.05, 4.69) is 50.4 Å². The Hall–Kier alpha value is -4.28. The lowest BCUT2D eigenvalue weighted by Gasteiger charge is -2.34. The number of benzene rings is 3. The number of nitrogens with zero attached hydrogens (tertiary/aromatic N) is 5. The number of thiophene rings is 1. The Balaban J connectivity index is 1.17. The van der Waals surface area contributed by atoms with E-state index in [1.54, 1.807) is 13.3 Å². The first-order valence-corrected chi connectivity index (χ1v) is 17.5. The topological polar surface area (TPSA) is 107 Å². The number of nitrogens with one attached hydrogen (secondary N) is 1. The highest BCUT2D eigenvalue weighted by Crippen LogP contribution is 2.47. The molecule has 0 bridgehead atoms. The molecule has 3 heterocycles. The number of hydrogen-bond acceptors (Lipinski definition) is 11. The third-order valence-electron chi connectivity index (χ3n) is 8.15. The number of β-amino-alcohol motifs (C(OH)–C–C–N with tert-alkyl or cyclic N) is 1. The Bertz CT molecular complexity index is 1840. The van der Waals surface area contributed by atoms with Crippen LogP contribution >= 0.6 is 23.4 Å². The fourth-order valence-electron chi connectivity index (χ4n) is 5.78. The largest absolute Gasteiger partial charge is 0.493 e. The molecular weight excluding hydrogens is 641 g/mol. The van der Waals surface area contributed by atoms with Gasteiger partial charge in [-0.1, -0.05) is 54.6 Å². The Morgan fingerprint density at radius 2 is 1.67 bits per heavy atom. The highest BCUT2D eigenvalue weighted by atomic mass is 32.2. The lowest BCUT2D eigenvalue weighted by Crippen LogP contribution is -2.47. The van der Waals surface area contributed by atoms with Gasteiger partial charge in [0.2, 0.25) is 5.95 Å². The third kappa shape index (κ3) is 8.41. The predicted molar refractivity (Wildman–Crippen MR) is 194 cm³/mol. The van der Waals surface area contributed by atoms with E-state index >= 15 is 0 Å². The van der Waals surface area contributed by atoms with E-state index in [1.807, 2.05) is 60.7 Å². The molecule has 5 aromatic rings. The van der Waals surface area contributed by atoms with Gasteiger partial charge >= 0.3 is 0 Å². The van der Waals surface area contributed by atoms with Crippen LogP contribution in [0.5, 0.6) is 5.75 Å². The molecule has 9 nitrogen and oxygen atoms in total. The molecule has 1 saturated heterocycles. The van der Waals surface area contributed by atoms with Crippen molar-refractivity contribution in [2.24, 2.45) is 0 Å². The number of piperazine rings is 1. The fourth-order valence-corrected chi connectivity index (χ4v) is 7.73. The van der Waals surface area contributed by atoms with Crippen molar-refractivity contribution in [1.29, 1.82) is 5.26 Å². The van der Waals surface area contributed by atoms with E-state index in [1.165, 1.54) is 23.4 Å². The second-order valence-corrected chi connectivity index (χ2v) is 13.5. The summed E-state index contributed by atoms with van der Waals surface area (Å²) in [6.45, 7) is 6.64. The molecule has 11 heteroatoms. The van der Waals surface area contributed by atoms with Crippen LogP contribution in [0.4, 0.5) is 11.6 Å². The van der Waals surface area contributed by atoms with Gasteiger partial charge in [0.25, 0.3) is 0 Å². The average molecular weight is 679 g/mol. The highest BCUT2D eigenvalue weighted by molar-refractivity contribution is 7.96. The maximum atomic E-state index is 10.3. The third-order valence-corrected chi connectivity index (χ3v) is 10.1. The van der Waals surface area contributed by atoms with Crippen molar-refractivity contribution in [2.75, 3.05) is 64.9 Å². The van der Waals surface area contributed by atoms with E-state index < -0.39 is 0 Å². The zero-order chi connectivity index (χ0) is 33.1. The van der Waals surface area contributed by atoms with Crippen LogP contribution in [0.1, 0.15) is 12.0 Å². The van der Waals surface area contributed by atoms with Gasteiger partial charge in [-0.2, -0.15) is 5.26 Å². The van der Waals surface area contributed by atoms with Crippen LogP contribution in [0.2, 0.25) is 0 Å². The van der Waals surface area contributed by atoms with Crippen LogP contribution in [-0.4, -0.2) is 84.5 Å². The number of anilines is 2. The van der Waals surface area contributed by atoms with Gasteiger partial charge in [0, 0.05) is 74.8 Å². The first-order chi connectivity index (χ1) is 23.6. The Kier molecular flexibility index (Phi) is 11.7. The number of rotatable bonds is 14. The van der Waals surface area contributed by atoms with Crippen molar-refractivity contribution in [3.63, 3.8) is 0 Å². The summed E-state index contributed by atoms with van der Waals surface area (Å²) in [6, 6.07) is 30.6. The van der Waals surface area contributed by atoms with Crippen molar-refractivity contribution in [2.45, 2.75) is 10.6 Å². The van der Waals surface area contributed by atoms with Gasteiger partial charge in [-0.15, -0.1) is 11.3 Å². The number of aliphatic hydroxyl groups excluding tert-OH is 1. The zero-order valence-corrected chi connectivity index (χ0v) is 28.5. The normalized spacial score (nSPS) is 13.7. The zero-order valence-electron chi connectivity index (χ0n) is 26.8. The summed E-state index contributed by atoms with van der Waals surface area (Å²) >= 11 is 2.68. The standard InChI is InChI=1S/C37H38N6O3S2/c1-45-48-36-32(26-38)34(29-11-5-10-28(24-29)27-8-3-2-4-9-27)35(47-36)33-14-15-39-37(41-33)40-30-12-6-13-31(25-30)46-23-7-16-42-17-19-43(20-18-42)21-22-44/h2-6,8-15,24-25,44H,7,16-23H2,1H3,(H,39,40,41). The molecule has 0 unspecified atom stereocenters. The maximum absolute atomic E-state index is 10.3. The Morgan fingerprint density at radius 3 is 2.44 bits per heavy atom. The van der Waals surface area contributed by atoms with Crippen LogP contribution in [0.15, 0.2) is 95.3 Å². The molecule has 0 aliphatic carbocycles. The first-order valence-electron chi connectivity index (χ1n) is 16.0. The van der Waals surface area contributed by atoms with Crippen LogP contribution in [0.25, 0.3) is 32.8 Å². The predicted octanol–water partition coefficient (Wildman–Crippen LogP) is 7.19. The summed E-state index contributed by atoms with van der Waals surface area (Å²) in [5.74, 6) is 1.23. The van der Waals surface area contributed by atoms with Crippen LogP contribution in [0, 0.1) is 11.3 Å². The first kappa shape index (κ1) is 33.6. The molecule has 48 heavy (non-hydrogen) atoms. The number of hydrogen-bond donors (Lipinski definition) is 2. The lowest BCUT2D eigenvalue weighted by atomic mass is 9.96. The van der Waals surface area contributed by atoms with Crippen molar-refractivity contribution < 1.29 is 14.0 Å². The number of ether oxygens (including phenoxy) is 1. The van der Waals surface area contributed by atoms with Gasteiger partial charge in [0.05, 0.1) is 36.5 Å². The van der Waals surface area contributed by atoms with Crippen LogP contribution in [0.3, 0.4) is 0 Å². The minimum atomic E-state index is 0.220. The Labute approximate surface area is 290 Å². The monoisotopic (exact) mass is 678 g/mol. The second kappa shape index (κ2) is 16.7. The average Bonchev–Trinajstić information content (AvgIpc) is 3.50. The van der Waals surface area contributed by atoms with E-state index in [9.17, 15) is 5.26 Å².